The minimum atomic E-state index is -0.430. The number of rotatable bonds is 4. The summed E-state index contributed by atoms with van der Waals surface area (Å²) in [5.74, 6) is -0.298. The zero-order valence-electron chi connectivity index (χ0n) is 22.0. The van der Waals surface area contributed by atoms with Crippen LogP contribution in [-0.4, -0.2) is 44.8 Å². The lowest BCUT2D eigenvalue weighted by atomic mass is 10.0. The quantitative estimate of drug-likeness (QED) is 0.456. The van der Waals surface area contributed by atoms with E-state index in [0.717, 1.165) is 43.4 Å². The highest BCUT2D eigenvalue weighted by atomic mass is 19.1. The number of carbonyl (C=O) groups is 2. The average molecular weight is 506 g/mol. The molecule has 3 aromatic rings. The number of anilines is 1. The molecule has 0 spiro atoms. The minimum Gasteiger partial charge on any atom is -0.333 e. The van der Waals surface area contributed by atoms with Crippen molar-refractivity contribution in [3.8, 4) is 5.69 Å². The molecule has 7 nitrogen and oxygen atoms in total. The van der Waals surface area contributed by atoms with Gasteiger partial charge in [0.15, 0.2) is 5.69 Å². The summed E-state index contributed by atoms with van der Waals surface area (Å²) in [6.07, 6.45) is 5.42. The van der Waals surface area contributed by atoms with E-state index in [1.807, 2.05) is 29.2 Å². The monoisotopic (exact) mass is 505 g/mol. The number of amides is 2. The molecule has 1 aliphatic heterocycles. The van der Waals surface area contributed by atoms with Crippen LogP contribution in [0.5, 0.6) is 0 Å². The summed E-state index contributed by atoms with van der Waals surface area (Å²) in [6.45, 7) is 7.43. The van der Waals surface area contributed by atoms with Crippen molar-refractivity contribution in [2.24, 2.45) is 5.92 Å². The van der Waals surface area contributed by atoms with Crippen molar-refractivity contribution in [1.82, 2.24) is 19.9 Å². The molecule has 2 aromatic carbocycles. The summed E-state index contributed by atoms with van der Waals surface area (Å²) >= 11 is 0. The number of halogens is 1. The molecule has 0 saturated carbocycles. The Hall–Kier alpha value is -3.55. The molecular weight excluding hydrogens is 469 g/mol. The van der Waals surface area contributed by atoms with Gasteiger partial charge in [-0.2, -0.15) is 0 Å². The summed E-state index contributed by atoms with van der Waals surface area (Å²) in [5, 5.41) is 8.26. The molecule has 37 heavy (non-hydrogen) atoms. The van der Waals surface area contributed by atoms with E-state index >= 15 is 0 Å². The maximum atomic E-state index is 14.4. The highest BCUT2D eigenvalue weighted by Crippen LogP contribution is 2.27. The molecule has 4 rings (SSSR count). The Bertz CT molecular complexity index is 1240. The Balaban J connectivity index is 1.67. The topological polar surface area (TPSA) is 71.3 Å². The van der Waals surface area contributed by atoms with Gasteiger partial charge in [0.1, 0.15) is 11.5 Å². The lowest BCUT2D eigenvalue weighted by Crippen LogP contribution is -2.36. The first kappa shape index (κ1) is 26.5. The van der Waals surface area contributed by atoms with E-state index in [9.17, 15) is 14.0 Å². The van der Waals surface area contributed by atoms with Gasteiger partial charge in [0.25, 0.3) is 5.91 Å². The summed E-state index contributed by atoms with van der Waals surface area (Å²) in [7, 11) is 0. The Morgan fingerprint density at radius 1 is 0.919 bits per heavy atom. The average Bonchev–Trinajstić information content (AvgIpc) is 3.24. The molecule has 0 aliphatic carbocycles. The second-order valence-electron chi connectivity index (χ2n) is 10.2. The van der Waals surface area contributed by atoms with Crippen molar-refractivity contribution >= 4 is 17.5 Å². The lowest BCUT2D eigenvalue weighted by Gasteiger charge is -2.29. The number of benzene rings is 2. The first-order chi connectivity index (χ1) is 17.9. The smallest absolute Gasteiger partial charge is 0.276 e. The number of aromatic nitrogens is 3. The van der Waals surface area contributed by atoms with Crippen LogP contribution in [0.25, 0.3) is 5.69 Å². The van der Waals surface area contributed by atoms with E-state index in [4.69, 9.17) is 0 Å². The molecule has 8 heteroatoms. The van der Waals surface area contributed by atoms with Crippen LogP contribution in [0.4, 0.5) is 10.1 Å². The van der Waals surface area contributed by atoms with Crippen LogP contribution in [0.1, 0.15) is 74.1 Å². The van der Waals surface area contributed by atoms with Crippen molar-refractivity contribution in [2.75, 3.05) is 18.0 Å². The van der Waals surface area contributed by atoms with Gasteiger partial charge in [0, 0.05) is 31.7 Å². The van der Waals surface area contributed by atoms with E-state index in [1.54, 1.807) is 30.0 Å². The van der Waals surface area contributed by atoms with Crippen molar-refractivity contribution in [2.45, 2.75) is 65.8 Å². The Morgan fingerprint density at radius 3 is 2.30 bits per heavy atom. The standard InChI is InChI=1S/C29H36FN5O2/c1-21(2)19-27(36)34-18-12-6-4-5-11-17-33(20-23-13-7-9-15-25(23)34)29(37)28-22(3)35(32-31-28)26-16-10-8-14-24(26)30/h7-10,13-16,21H,4-6,11-12,17-20H2,1-3H3. The molecule has 0 N–H and O–H groups in total. The fourth-order valence-corrected chi connectivity index (χ4v) is 4.84. The fraction of sp³-hybridized carbons (Fsp3) is 0.448. The van der Waals surface area contributed by atoms with Crippen LogP contribution in [0.15, 0.2) is 48.5 Å². The Kier molecular flexibility index (Phi) is 8.69. The van der Waals surface area contributed by atoms with E-state index in [0.29, 0.717) is 31.7 Å². The molecular formula is C29H36FN5O2. The van der Waals surface area contributed by atoms with Crippen LogP contribution in [0.3, 0.4) is 0 Å². The van der Waals surface area contributed by atoms with E-state index in [2.05, 4.69) is 24.2 Å². The van der Waals surface area contributed by atoms with Crippen LogP contribution < -0.4 is 4.90 Å². The number of nitrogens with zero attached hydrogens (tertiary/aromatic N) is 5. The maximum Gasteiger partial charge on any atom is 0.276 e. The summed E-state index contributed by atoms with van der Waals surface area (Å²) < 4.78 is 15.8. The predicted octanol–water partition coefficient (Wildman–Crippen LogP) is 5.70. The van der Waals surface area contributed by atoms with Crippen LogP contribution in [-0.2, 0) is 11.3 Å². The molecule has 1 aliphatic rings. The molecule has 2 heterocycles. The first-order valence-electron chi connectivity index (χ1n) is 13.2. The van der Waals surface area contributed by atoms with E-state index < -0.39 is 5.82 Å². The molecule has 0 bridgehead atoms. The normalized spacial score (nSPS) is 15.2. The van der Waals surface area contributed by atoms with Gasteiger partial charge in [-0.05, 0) is 49.4 Å². The van der Waals surface area contributed by atoms with E-state index in [1.165, 1.54) is 10.7 Å². The van der Waals surface area contributed by atoms with Crippen LogP contribution >= 0.6 is 0 Å². The summed E-state index contributed by atoms with van der Waals surface area (Å²) in [5.41, 5.74) is 2.74. The molecule has 196 valence electrons. The Morgan fingerprint density at radius 2 is 1.57 bits per heavy atom. The molecule has 0 radical (unpaired) electrons. The van der Waals surface area contributed by atoms with Gasteiger partial charge in [-0.1, -0.05) is 68.7 Å². The summed E-state index contributed by atoms with van der Waals surface area (Å²) in [4.78, 5) is 30.7. The van der Waals surface area contributed by atoms with Crippen molar-refractivity contribution in [3.05, 3.63) is 71.3 Å². The van der Waals surface area contributed by atoms with Crippen LogP contribution in [0.2, 0.25) is 0 Å². The zero-order chi connectivity index (χ0) is 26.4. The van der Waals surface area contributed by atoms with Crippen molar-refractivity contribution < 1.29 is 14.0 Å². The first-order valence-corrected chi connectivity index (χ1v) is 13.2. The molecule has 2 amide bonds. The highest BCUT2D eigenvalue weighted by molar-refractivity contribution is 5.95. The van der Waals surface area contributed by atoms with Gasteiger partial charge >= 0.3 is 0 Å². The third-order valence-electron chi connectivity index (χ3n) is 6.80. The van der Waals surface area contributed by atoms with Gasteiger partial charge < -0.3 is 9.80 Å². The fourth-order valence-electron chi connectivity index (χ4n) is 4.84. The number of carbonyl (C=O) groups excluding carboxylic acids is 2. The molecule has 0 fully saturated rings. The molecule has 1 aromatic heterocycles. The van der Waals surface area contributed by atoms with Crippen LogP contribution in [0, 0.1) is 18.7 Å². The SMILES string of the molecule is Cc1c(C(=O)N2CCCCCCCN(C(=O)CC(C)C)c3ccccc3C2)nnn1-c1ccccc1F. The van der Waals surface area contributed by atoms with Gasteiger partial charge in [-0.15, -0.1) is 5.10 Å². The molecule has 0 atom stereocenters. The maximum absolute atomic E-state index is 14.4. The van der Waals surface area contributed by atoms with Crippen molar-refractivity contribution in [3.63, 3.8) is 0 Å². The number of fused-ring (bicyclic) bond motifs is 1. The Labute approximate surface area is 218 Å². The van der Waals surface area contributed by atoms with Crippen molar-refractivity contribution in [1.29, 1.82) is 0 Å². The highest BCUT2D eigenvalue weighted by Gasteiger charge is 2.26. The minimum absolute atomic E-state index is 0.112. The lowest BCUT2D eigenvalue weighted by molar-refractivity contribution is -0.119. The van der Waals surface area contributed by atoms with Gasteiger partial charge in [0.2, 0.25) is 5.91 Å². The third kappa shape index (κ3) is 6.24. The predicted molar refractivity (Wildman–Crippen MR) is 142 cm³/mol. The third-order valence-corrected chi connectivity index (χ3v) is 6.80. The summed E-state index contributed by atoms with van der Waals surface area (Å²) in [6, 6.07) is 14.1. The second kappa shape index (κ2) is 12.1. The number of hydrogen-bond acceptors (Lipinski definition) is 4. The molecule has 0 unspecified atom stereocenters. The van der Waals surface area contributed by atoms with E-state index in [-0.39, 0.29) is 29.1 Å². The second-order valence-corrected chi connectivity index (χ2v) is 10.2. The molecule has 0 saturated heterocycles. The number of hydrogen-bond donors (Lipinski definition) is 0. The largest absolute Gasteiger partial charge is 0.333 e. The zero-order valence-corrected chi connectivity index (χ0v) is 22.0. The van der Waals surface area contributed by atoms with Gasteiger partial charge in [0.05, 0.1) is 5.69 Å². The van der Waals surface area contributed by atoms with Gasteiger partial charge in [-0.25, -0.2) is 9.07 Å². The van der Waals surface area contributed by atoms with Gasteiger partial charge in [-0.3, -0.25) is 9.59 Å². The number of para-hydroxylation sites is 2.